The number of hydrogen-bond donors (Lipinski definition) is 2. The maximum Gasteiger partial charge on any atom is 0.329 e. The zero-order valence-electron chi connectivity index (χ0n) is 9.42. The van der Waals surface area contributed by atoms with Crippen LogP contribution in [0.15, 0.2) is 0 Å². The van der Waals surface area contributed by atoms with Crippen molar-refractivity contribution >= 4 is 24.5 Å². The van der Waals surface area contributed by atoms with Gasteiger partial charge >= 0.3 is 5.97 Å². The maximum atomic E-state index is 11.7. The summed E-state index contributed by atoms with van der Waals surface area (Å²) in [4.78, 5) is 24.2. The quantitative estimate of drug-likeness (QED) is 0.684. The van der Waals surface area contributed by atoms with Crippen molar-refractivity contribution in [2.75, 3.05) is 19.4 Å². The van der Waals surface area contributed by atoms with Gasteiger partial charge in [0.25, 0.3) is 0 Å². The molecule has 1 rings (SSSR count). The summed E-state index contributed by atoms with van der Waals surface area (Å²) in [6.45, 7) is 2.10. The number of hydrogen-bond acceptors (Lipinski definition) is 4. The first-order valence-electron chi connectivity index (χ1n) is 5.17. The van der Waals surface area contributed by atoms with Crippen LogP contribution < -0.4 is 0 Å². The lowest BCUT2D eigenvalue weighted by Gasteiger charge is -2.28. The van der Waals surface area contributed by atoms with Crippen molar-refractivity contribution < 1.29 is 19.4 Å². The Morgan fingerprint density at radius 3 is 2.75 bits per heavy atom. The first-order chi connectivity index (χ1) is 7.51. The van der Waals surface area contributed by atoms with E-state index in [1.165, 1.54) is 12.0 Å². The zero-order chi connectivity index (χ0) is 12.3. The molecule has 0 aromatic heterocycles. The molecular weight excluding hydrogens is 230 g/mol. The van der Waals surface area contributed by atoms with Crippen molar-refractivity contribution in [1.29, 1.82) is 0 Å². The highest BCUT2D eigenvalue weighted by molar-refractivity contribution is 7.80. The highest BCUT2D eigenvalue weighted by Crippen LogP contribution is 2.23. The van der Waals surface area contributed by atoms with Gasteiger partial charge in [-0.1, -0.05) is 0 Å². The lowest BCUT2D eigenvalue weighted by atomic mass is 10.1. The van der Waals surface area contributed by atoms with Crippen LogP contribution in [0, 0.1) is 5.92 Å². The van der Waals surface area contributed by atoms with Gasteiger partial charge < -0.3 is 14.7 Å². The maximum absolute atomic E-state index is 11.7. The largest absolute Gasteiger partial charge is 0.480 e. The van der Waals surface area contributed by atoms with E-state index in [1.54, 1.807) is 6.92 Å². The molecule has 0 aliphatic carbocycles. The first-order valence-corrected chi connectivity index (χ1v) is 5.80. The molecule has 1 saturated heterocycles. The minimum Gasteiger partial charge on any atom is -0.480 e. The Labute approximate surface area is 100 Å². The molecule has 1 heterocycles. The minimum absolute atomic E-state index is 0.129. The molecule has 1 unspecified atom stereocenters. The Kier molecular flexibility index (Phi) is 4.61. The number of likely N-dealkylation sites (tertiary alicyclic amines) is 1. The van der Waals surface area contributed by atoms with E-state index < -0.39 is 18.1 Å². The van der Waals surface area contributed by atoms with Gasteiger partial charge in [0.15, 0.2) is 6.04 Å². The van der Waals surface area contributed by atoms with Gasteiger partial charge in [-0.05, 0) is 18.6 Å². The van der Waals surface area contributed by atoms with Crippen molar-refractivity contribution in [3.63, 3.8) is 0 Å². The van der Waals surface area contributed by atoms with Gasteiger partial charge in [-0.3, -0.25) is 4.79 Å². The SMILES string of the molecule is CO[C@H](C)[C@@H](C(=O)O)N1CC(CS)CC1=O. The van der Waals surface area contributed by atoms with E-state index in [4.69, 9.17) is 9.84 Å². The molecule has 16 heavy (non-hydrogen) atoms. The van der Waals surface area contributed by atoms with Crippen LogP contribution in [-0.4, -0.2) is 53.4 Å². The van der Waals surface area contributed by atoms with E-state index in [1.807, 2.05) is 0 Å². The molecule has 5 nitrogen and oxygen atoms in total. The van der Waals surface area contributed by atoms with E-state index in [0.717, 1.165) is 0 Å². The number of carboxylic acids is 1. The molecule has 92 valence electrons. The van der Waals surface area contributed by atoms with Gasteiger partial charge in [-0.2, -0.15) is 12.6 Å². The highest BCUT2D eigenvalue weighted by Gasteiger charge is 2.40. The van der Waals surface area contributed by atoms with Gasteiger partial charge in [-0.25, -0.2) is 4.79 Å². The molecule has 0 saturated carbocycles. The molecule has 0 radical (unpaired) electrons. The molecule has 0 bridgehead atoms. The number of ether oxygens (including phenoxy) is 1. The molecule has 1 amide bonds. The Balaban J connectivity index is 2.80. The normalized spacial score (nSPS) is 24.6. The van der Waals surface area contributed by atoms with E-state index in [0.29, 0.717) is 18.7 Å². The third-order valence-corrected chi connectivity index (χ3v) is 3.42. The molecule has 0 aromatic rings. The average Bonchev–Trinajstić information content (AvgIpc) is 2.59. The second-order valence-corrected chi connectivity index (χ2v) is 4.39. The lowest BCUT2D eigenvalue weighted by Crippen LogP contribution is -2.49. The molecule has 0 aromatic carbocycles. The summed E-state index contributed by atoms with van der Waals surface area (Å²) >= 11 is 4.13. The summed E-state index contributed by atoms with van der Waals surface area (Å²) in [6.07, 6.45) is -0.135. The minimum atomic E-state index is -1.03. The number of carboxylic acid groups (broad SMARTS) is 1. The van der Waals surface area contributed by atoms with Crippen LogP contribution in [0.4, 0.5) is 0 Å². The number of carbonyl (C=O) groups excluding carboxylic acids is 1. The van der Waals surface area contributed by atoms with Crippen LogP contribution in [0.2, 0.25) is 0 Å². The van der Waals surface area contributed by atoms with Crippen molar-refractivity contribution in [3.05, 3.63) is 0 Å². The van der Waals surface area contributed by atoms with Crippen LogP contribution in [0.3, 0.4) is 0 Å². The molecule has 1 N–H and O–H groups in total. The molecule has 3 atom stereocenters. The van der Waals surface area contributed by atoms with Crippen molar-refractivity contribution in [1.82, 2.24) is 4.90 Å². The van der Waals surface area contributed by atoms with Crippen LogP contribution in [0.1, 0.15) is 13.3 Å². The van der Waals surface area contributed by atoms with Gasteiger partial charge in [0, 0.05) is 20.1 Å². The number of aliphatic carboxylic acids is 1. The van der Waals surface area contributed by atoms with Crippen molar-refractivity contribution in [2.24, 2.45) is 5.92 Å². The molecule has 6 heteroatoms. The third-order valence-electron chi connectivity index (χ3n) is 2.90. The Morgan fingerprint density at radius 1 is 1.75 bits per heavy atom. The highest BCUT2D eigenvalue weighted by atomic mass is 32.1. The summed E-state index contributed by atoms with van der Waals surface area (Å²) < 4.78 is 5.01. The number of carbonyl (C=O) groups is 2. The Bertz CT molecular complexity index is 284. The van der Waals surface area contributed by atoms with Crippen molar-refractivity contribution in [2.45, 2.75) is 25.5 Å². The second kappa shape index (κ2) is 5.54. The van der Waals surface area contributed by atoms with Crippen LogP contribution in [0.25, 0.3) is 0 Å². The summed E-state index contributed by atoms with van der Waals surface area (Å²) in [6, 6.07) is -0.901. The van der Waals surface area contributed by atoms with Crippen molar-refractivity contribution in [3.8, 4) is 0 Å². The second-order valence-electron chi connectivity index (χ2n) is 4.02. The summed E-state index contributed by atoms with van der Waals surface area (Å²) in [5.41, 5.74) is 0. The molecule has 0 spiro atoms. The topological polar surface area (TPSA) is 66.8 Å². The fourth-order valence-electron chi connectivity index (χ4n) is 1.92. The lowest BCUT2D eigenvalue weighted by molar-refractivity contribution is -0.153. The van der Waals surface area contributed by atoms with Gasteiger partial charge in [0.1, 0.15) is 0 Å². The summed E-state index contributed by atoms with van der Waals surface area (Å²) in [5.74, 6) is -0.421. The predicted octanol–water partition coefficient (Wildman–Crippen LogP) is 0.253. The molecule has 1 aliphatic heterocycles. The third kappa shape index (κ3) is 2.68. The monoisotopic (exact) mass is 247 g/mol. The van der Waals surface area contributed by atoms with E-state index in [-0.39, 0.29) is 11.8 Å². The molecule has 1 fully saturated rings. The fraction of sp³-hybridized carbons (Fsp3) is 0.800. The number of thiol groups is 1. The first kappa shape index (κ1) is 13.3. The number of rotatable bonds is 5. The van der Waals surface area contributed by atoms with Crippen LogP contribution in [-0.2, 0) is 14.3 Å². The molecular formula is C10H17NO4S. The number of amides is 1. The smallest absolute Gasteiger partial charge is 0.329 e. The van der Waals surface area contributed by atoms with Gasteiger partial charge in [0.2, 0.25) is 5.91 Å². The van der Waals surface area contributed by atoms with E-state index >= 15 is 0 Å². The van der Waals surface area contributed by atoms with E-state index in [2.05, 4.69) is 12.6 Å². The number of methoxy groups -OCH3 is 1. The number of nitrogens with zero attached hydrogens (tertiary/aromatic N) is 1. The summed E-state index contributed by atoms with van der Waals surface area (Å²) in [5, 5.41) is 9.12. The Morgan fingerprint density at radius 2 is 2.38 bits per heavy atom. The van der Waals surface area contributed by atoms with Crippen LogP contribution in [0.5, 0.6) is 0 Å². The fourth-order valence-corrected chi connectivity index (χ4v) is 2.16. The zero-order valence-corrected chi connectivity index (χ0v) is 10.3. The Hall–Kier alpha value is -0.750. The predicted molar refractivity (Wildman–Crippen MR) is 61.6 cm³/mol. The standard InChI is InChI=1S/C10H17NO4S/c1-6(15-2)9(10(13)14)11-4-7(5-16)3-8(11)12/h6-7,9,16H,3-5H2,1-2H3,(H,13,14)/t6-,7?,9+/m1/s1. The molecule has 1 aliphatic rings. The van der Waals surface area contributed by atoms with Gasteiger partial charge in [0.05, 0.1) is 6.10 Å². The van der Waals surface area contributed by atoms with Crippen LogP contribution >= 0.6 is 12.6 Å². The van der Waals surface area contributed by atoms with Gasteiger partial charge in [-0.15, -0.1) is 0 Å². The van der Waals surface area contributed by atoms with E-state index in [9.17, 15) is 9.59 Å². The average molecular weight is 247 g/mol. The summed E-state index contributed by atoms with van der Waals surface area (Å²) in [7, 11) is 1.44.